The first-order valence-electron chi connectivity index (χ1n) is 9.10. The van der Waals surface area contributed by atoms with Gasteiger partial charge in [0.25, 0.3) is 0 Å². The first-order chi connectivity index (χ1) is 13.7. The number of hydrogen-bond donors (Lipinski definition) is 2. The molecule has 5 rings (SSSR count). The van der Waals surface area contributed by atoms with Crippen molar-refractivity contribution in [1.82, 2.24) is 9.97 Å². The van der Waals surface area contributed by atoms with E-state index in [-0.39, 0.29) is 5.95 Å². The SMILES string of the molecule is Nc1nc(-c2ccc3ccccc3c2)c(N)c(-c2ccc3ccccc3c2)n1. The number of fused-ring (bicyclic) bond motifs is 2. The third kappa shape index (κ3) is 2.72. The topological polar surface area (TPSA) is 77.8 Å². The van der Waals surface area contributed by atoms with Gasteiger partial charge in [0.1, 0.15) is 0 Å². The molecular weight excluding hydrogens is 344 g/mol. The molecule has 1 aromatic heterocycles. The molecule has 0 saturated carbocycles. The van der Waals surface area contributed by atoms with Crippen LogP contribution in [-0.4, -0.2) is 9.97 Å². The van der Waals surface area contributed by atoms with Gasteiger partial charge in [-0.2, -0.15) is 0 Å². The van der Waals surface area contributed by atoms with Crippen LogP contribution in [0.3, 0.4) is 0 Å². The fourth-order valence-electron chi connectivity index (χ4n) is 3.60. The third-order valence-corrected chi connectivity index (χ3v) is 5.01. The normalized spacial score (nSPS) is 11.1. The maximum absolute atomic E-state index is 6.52. The second-order valence-electron chi connectivity index (χ2n) is 6.82. The number of hydrogen-bond acceptors (Lipinski definition) is 4. The molecule has 0 aliphatic carbocycles. The quantitative estimate of drug-likeness (QED) is 0.448. The summed E-state index contributed by atoms with van der Waals surface area (Å²) in [5.74, 6) is 0.209. The number of nitrogen functional groups attached to an aromatic ring is 2. The summed E-state index contributed by atoms with van der Waals surface area (Å²) in [7, 11) is 0. The molecule has 0 fully saturated rings. The van der Waals surface area contributed by atoms with Crippen LogP contribution in [0.5, 0.6) is 0 Å². The van der Waals surface area contributed by atoms with E-state index < -0.39 is 0 Å². The summed E-state index contributed by atoms with van der Waals surface area (Å²) in [6, 6.07) is 28.7. The lowest BCUT2D eigenvalue weighted by atomic mass is 10.0. The lowest BCUT2D eigenvalue weighted by Gasteiger charge is -2.12. The van der Waals surface area contributed by atoms with E-state index >= 15 is 0 Å². The Morgan fingerprint density at radius 2 is 0.929 bits per heavy atom. The van der Waals surface area contributed by atoms with Crippen molar-refractivity contribution in [2.24, 2.45) is 0 Å². The molecule has 0 bridgehead atoms. The molecule has 4 heteroatoms. The van der Waals surface area contributed by atoms with Crippen molar-refractivity contribution in [2.45, 2.75) is 0 Å². The van der Waals surface area contributed by atoms with Gasteiger partial charge >= 0.3 is 0 Å². The van der Waals surface area contributed by atoms with Crippen molar-refractivity contribution in [2.75, 3.05) is 11.5 Å². The predicted octanol–water partition coefficient (Wildman–Crippen LogP) is 5.28. The number of aromatic nitrogens is 2. The van der Waals surface area contributed by atoms with Gasteiger partial charge in [-0.05, 0) is 33.7 Å². The maximum Gasteiger partial charge on any atom is 0.221 e. The fraction of sp³-hybridized carbons (Fsp3) is 0. The zero-order chi connectivity index (χ0) is 19.1. The van der Waals surface area contributed by atoms with Crippen molar-refractivity contribution in [3.05, 3.63) is 84.9 Å². The molecule has 0 atom stereocenters. The minimum atomic E-state index is 0.209. The van der Waals surface area contributed by atoms with Crippen LogP contribution in [0.2, 0.25) is 0 Å². The summed E-state index contributed by atoms with van der Waals surface area (Å²) in [4.78, 5) is 8.88. The van der Waals surface area contributed by atoms with Gasteiger partial charge in [-0.1, -0.05) is 72.8 Å². The van der Waals surface area contributed by atoms with Gasteiger partial charge < -0.3 is 11.5 Å². The Hall–Kier alpha value is -3.92. The molecule has 134 valence electrons. The van der Waals surface area contributed by atoms with E-state index in [0.29, 0.717) is 17.1 Å². The van der Waals surface area contributed by atoms with Gasteiger partial charge in [0.05, 0.1) is 17.1 Å². The van der Waals surface area contributed by atoms with Crippen molar-refractivity contribution in [3.63, 3.8) is 0 Å². The molecule has 0 aliphatic rings. The van der Waals surface area contributed by atoms with Crippen molar-refractivity contribution < 1.29 is 0 Å². The standard InChI is InChI=1S/C24H18N4/c25-21-22(19-11-9-15-5-1-3-7-17(15)13-19)27-24(26)28-23(21)20-12-10-16-6-2-4-8-18(16)14-20/h1-14H,25H2,(H2,26,27,28). The molecule has 0 radical (unpaired) electrons. The van der Waals surface area contributed by atoms with Crippen LogP contribution in [0.4, 0.5) is 11.6 Å². The molecule has 0 unspecified atom stereocenters. The molecule has 0 saturated heterocycles. The minimum Gasteiger partial charge on any atom is -0.395 e. The Labute approximate surface area is 162 Å². The Bertz CT molecular complexity index is 1240. The van der Waals surface area contributed by atoms with Gasteiger partial charge in [-0.3, -0.25) is 0 Å². The van der Waals surface area contributed by atoms with Gasteiger partial charge in [0.2, 0.25) is 5.95 Å². The first kappa shape index (κ1) is 16.3. The number of nitrogens with zero attached hydrogens (tertiary/aromatic N) is 2. The van der Waals surface area contributed by atoms with Crippen molar-refractivity contribution >= 4 is 33.2 Å². The van der Waals surface area contributed by atoms with Crippen LogP contribution in [0.1, 0.15) is 0 Å². The van der Waals surface area contributed by atoms with Crippen molar-refractivity contribution in [3.8, 4) is 22.5 Å². The van der Waals surface area contributed by atoms with E-state index in [1.807, 2.05) is 36.4 Å². The van der Waals surface area contributed by atoms with E-state index in [1.165, 1.54) is 10.8 Å². The van der Waals surface area contributed by atoms with Crippen LogP contribution in [0.25, 0.3) is 44.1 Å². The lowest BCUT2D eigenvalue weighted by Crippen LogP contribution is -2.04. The Morgan fingerprint density at radius 3 is 1.39 bits per heavy atom. The summed E-state index contributed by atoms with van der Waals surface area (Å²) in [6.45, 7) is 0. The fourth-order valence-corrected chi connectivity index (χ4v) is 3.60. The van der Waals surface area contributed by atoms with E-state index in [0.717, 1.165) is 21.9 Å². The maximum atomic E-state index is 6.52. The van der Waals surface area contributed by atoms with E-state index in [2.05, 4.69) is 58.5 Å². The van der Waals surface area contributed by atoms with Crippen LogP contribution >= 0.6 is 0 Å². The summed E-state index contributed by atoms with van der Waals surface area (Å²) in [5, 5.41) is 4.59. The highest BCUT2D eigenvalue weighted by molar-refractivity contribution is 5.93. The second kappa shape index (κ2) is 6.35. The molecule has 0 amide bonds. The average molecular weight is 362 g/mol. The summed E-state index contributed by atoms with van der Waals surface area (Å²) in [5.41, 5.74) is 16.3. The predicted molar refractivity (Wildman–Crippen MR) is 117 cm³/mol. The Kier molecular flexibility index (Phi) is 3.69. The first-order valence-corrected chi connectivity index (χ1v) is 9.10. The van der Waals surface area contributed by atoms with Gasteiger partial charge in [-0.15, -0.1) is 0 Å². The molecular formula is C24H18N4. The highest BCUT2D eigenvalue weighted by atomic mass is 15.0. The minimum absolute atomic E-state index is 0.209. The van der Waals surface area contributed by atoms with Gasteiger partial charge in [0.15, 0.2) is 0 Å². The van der Waals surface area contributed by atoms with E-state index in [4.69, 9.17) is 11.5 Å². The number of benzene rings is 4. The Morgan fingerprint density at radius 1 is 0.500 bits per heavy atom. The molecule has 1 heterocycles. The molecule has 4 N–H and O–H groups in total. The van der Waals surface area contributed by atoms with Gasteiger partial charge in [-0.25, -0.2) is 9.97 Å². The van der Waals surface area contributed by atoms with E-state index in [9.17, 15) is 0 Å². The lowest BCUT2D eigenvalue weighted by molar-refractivity contribution is 1.20. The number of rotatable bonds is 2. The summed E-state index contributed by atoms with van der Waals surface area (Å²) >= 11 is 0. The molecule has 4 nitrogen and oxygen atoms in total. The highest BCUT2D eigenvalue weighted by Gasteiger charge is 2.15. The summed E-state index contributed by atoms with van der Waals surface area (Å²) in [6.07, 6.45) is 0. The smallest absolute Gasteiger partial charge is 0.221 e. The van der Waals surface area contributed by atoms with Crippen LogP contribution < -0.4 is 11.5 Å². The monoisotopic (exact) mass is 362 g/mol. The number of nitrogens with two attached hydrogens (primary N) is 2. The van der Waals surface area contributed by atoms with Crippen LogP contribution in [0.15, 0.2) is 84.9 Å². The van der Waals surface area contributed by atoms with Crippen LogP contribution in [0, 0.1) is 0 Å². The summed E-state index contributed by atoms with van der Waals surface area (Å²) < 4.78 is 0. The third-order valence-electron chi connectivity index (χ3n) is 5.01. The average Bonchev–Trinajstić information content (AvgIpc) is 2.74. The molecule has 4 aromatic carbocycles. The second-order valence-corrected chi connectivity index (χ2v) is 6.82. The van der Waals surface area contributed by atoms with E-state index in [1.54, 1.807) is 0 Å². The highest BCUT2D eigenvalue weighted by Crippen LogP contribution is 2.35. The molecule has 0 spiro atoms. The molecule has 28 heavy (non-hydrogen) atoms. The van der Waals surface area contributed by atoms with Crippen LogP contribution in [-0.2, 0) is 0 Å². The molecule has 0 aliphatic heterocycles. The van der Waals surface area contributed by atoms with Gasteiger partial charge in [0, 0.05) is 11.1 Å². The number of anilines is 2. The molecule has 5 aromatic rings. The zero-order valence-electron chi connectivity index (χ0n) is 15.1. The zero-order valence-corrected chi connectivity index (χ0v) is 15.1. The largest absolute Gasteiger partial charge is 0.395 e. The Balaban J connectivity index is 1.70. The van der Waals surface area contributed by atoms with Crippen molar-refractivity contribution in [1.29, 1.82) is 0 Å².